The molecule has 0 amide bonds. The molecule has 5 heteroatoms. The minimum absolute atomic E-state index is 0.154. The van der Waals surface area contributed by atoms with Gasteiger partial charge in [-0.2, -0.15) is 0 Å². The molecule has 3 nitrogen and oxygen atoms in total. The molecular formula is C22H27BrFN3. The van der Waals surface area contributed by atoms with Crippen LogP contribution in [0.5, 0.6) is 0 Å². The van der Waals surface area contributed by atoms with Crippen LogP contribution in [-0.4, -0.2) is 11.4 Å². The maximum absolute atomic E-state index is 14.1. The molecule has 144 valence electrons. The molecule has 0 saturated heterocycles. The minimum atomic E-state index is -0.222. The lowest BCUT2D eigenvalue weighted by molar-refractivity contribution is 0.402. The van der Waals surface area contributed by atoms with Crippen LogP contribution in [0.25, 0.3) is 0 Å². The van der Waals surface area contributed by atoms with Gasteiger partial charge in [0.05, 0.1) is 23.5 Å². The largest absolute Gasteiger partial charge is 0.371 e. The number of para-hydroxylation sites is 2. The second-order valence-electron chi connectivity index (χ2n) is 6.84. The highest BCUT2D eigenvalue weighted by Gasteiger charge is 2.40. The van der Waals surface area contributed by atoms with E-state index >= 15 is 0 Å². The average Bonchev–Trinajstić information content (AvgIpc) is 2.70. The van der Waals surface area contributed by atoms with E-state index in [1.165, 1.54) is 25.3 Å². The average molecular weight is 432 g/mol. The Labute approximate surface area is 169 Å². The fraction of sp³-hybridized carbons (Fsp3) is 0.409. The van der Waals surface area contributed by atoms with Gasteiger partial charge in [-0.3, -0.25) is 4.99 Å². The molecule has 0 unspecified atom stereocenters. The van der Waals surface area contributed by atoms with E-state index in [0.717, 1.165) is 34.5 Å². The first-order valence-electron chi connectivity index (χ1n) is 9.79. The molecule has 1 fully saturated rings. The van der Waals surface area contributed by atoms with Crippen molar-refractivity contribution in [2.24, 2.45) is 4.99 Å². The van der Waals surface area contributed by atoms with Crippen LogP contribution in [0.4, 0.5) is 15.8 Å². The highest BCUT2D eigenvalue weighted by molar-refractivity contribution is 9.10. The molecule has 4 rings (SSSR count). The van der Waals surface area contributed by atoms with E-state index in [9.17, 15) is 4.39 Å². The number of hydrogen-bond acceptors (Lipinski definition) is 2. The van der Waals surface area contributed by atoms with E-state index in [0.29, 0.717) is 12.1 Å². The maximum atomic E-state index is 14.1. The van der Waals surface area contributed by atoms with Crippen molar-refractivity contribution in [2.75, 3.05) is 10.6 Å². The summed E-state index contributed by atoms with van der Waals surface area (Å²) in [4.78, 5) is 4.81. The van der Waals surface area contributed by atoms with Crippen LogP contribution in [0.3, 0.4) is 0 Å². The Morgan fingerprint density at radius 3 is 2.44 bits per heavy atom. The second kappa shape index (κ2) is 8.87. The van der Waals surface area contributed by atoms with E-state index in [1.807, 2.05) is 38.1 Å². The van der Waals surface area contributed by atoms with Crippen molar-refractivity contribution in [1.82, 2.24) is 0 Å². The summed E-state index contributed by atoms with van der Waals surface area (Å²) in [7, 11) is 0. The van der Waals surface area contributed by atoms with Gasteiger partial charge in [0, 0.05) is 10.0 Å². The summed E-state index contributed by atoms with van der Waals surface area (Å²) >= 11 is 3.30. The number of anilines is 2. The fourth-order valence-electron chi connectivity index (χ4n) is 3.79. The van der Waals surface area contributed by atoms with Gasteiger partial charge in [-0.05, 0) is 37.1 Å². The number of fused-ring (bicyclic) bond motifs is 1. The van der Waals surface area contributed by atoms with Crippen LogP contribution in [-0.2, 0) is 6.54 Å². The van der Waals surface area contributed by atoms with E-state index in [4.69, 9.17) is 4.99 Å². The van der Waals surface area contributed by atoms with Crippen molar-refractivity contribution in [1.29, 1.82) is 0 Å². The third kappa shape index (κ3) is 4.34. The van der Waals surface area contributed by atoms with Crippen LogP contribution in [0.15, 0.2) is 51.9 Å². The first-order valence-corrected chi connectivity index (χ1v) is 10.6. The Morgan fingerprint density at radius 1 is 1.04 bits per heavy atom. The number of aliphatic imine (C=N–C) groups is 1. The third-order valence-electron chi connectivity index (χ3n) is 5.14. The van der Waals surface area contributed by atoms with Crippen LogP contribution in [0, 0.1) is 5.82 Å². The molecule has 2 aliphatic rings. The summed E-state index contributed by atoms with van der Waals surface area (Å²) in [5, 5.41) is 7.24. The molecule has 0 atom stereocenters. The molecular weight excluding hydrogens is 405 g/mol. The fourth-order valence-corrected chi connectivity index (χ4v) is 4.12. The van der Waals surface area contributed by atoms with Crippen LogP contribution in [0.1, 0.15) is 51.5 Å². The molecule has 1 spiro atoms. The summed E-state index contributed by atoms with van der Waals surface area (Å²) in [5.41, 5.74) is 2.62. The zero-order chi connectivity index (χ0) is 19.3. The number of rotatable bonds is 2. The molecule has 2 N–H and O–H groups in total. The van der Waals surface area contributed by atoms with Crippen molar-refractivity contribution in [3.63, 3.8) is 0 Å². The van der Waals surface area contributed by atoms with Crippen molar-refractivity contribution in [3.8, 4) is 0 Å². The van der Waals surface area contributed by atoms with Crippen LogP contribution >= 0.6 is 15.9 Å². The lowest BCUT2D eigenvalue weighted by atomic mass is 9.79. The first kappa shape index (κ1) is 19.9. The smallest absolute Gasteiger partial charge is 0.129 e. The molecule has 27 heavy (non-hydrogen) atoms. The topological polar surface area (TPSA) is 36.4 Å². The summed E-state index contributed by atoms with van der Waals surface area (Å²) < 4.78 is 14.9. The van der Waals surface area contributed by atoms with Gasteiger partial charge in [0.25, 0.3) is 0 Å². The summed E-state index contributed by atoms with van der Waals surface area (Å²) in [6, 6.07) is 13.4. The molecule has 2 aromatic carbocycles. The number of halogens is 2. The van der Waals surface area contributed by atoms with Gasteiger partial charge in [-0.15, -0.1) is 0 Å². The monoisotopic (exact) mass is 431 g/mol. The van der Waals surface area contributed by atoms with Gasteiger partial charge in [-0.25, -0.2) is 4.39 Å². The normalized spacial score (nSPS) is 18.7. The second-order valence-corrected chi connectivity index (χ2v) is 7.75. The van der Waals surface area contributed by atoms with Crippen molar-refractivity contribution >= 4 is 33.1 Å². The number of nitrogens with one attached hydrogen (secondary N) is 2. The molecule has 0 radical (unpaired) electrons. The number of nitrogens with zero attached hydrogens (tertiary/aromatic N) is 1. The van der Waals surface area contributed by atoms with E-state index in [1.54, 1.807) is 6.07 Å². The van der Waals surface area contributed by atoms with Gasteiger partial charge in [0.15, 0.2) is 0 Å². The van der Waals surface area contributed by atoms with Gasteiger partial charge in [0.1, 0.15) is 11.7 Å². The first-order chi connectivity index (χ1) is 13.2. The lowest BCUT2D eigenvalue weighted by Crippen LogP contribution is -2.53. The predicted molar refractivity (Wildman–Crippen MR) is 116 cm³/mol. The Kier molecular flexibility index (Phi) is 6.53. The highest BCUT2D eigenvalue weighted by atomic mass is 79.9. The Balaban J connectivity index is 0.00000102. The minimum Gasteiger partial charge on any atom is -0.371 e. The summed E-state index contributed by atoms with van der Waals surface area (Å²) in [5.74, 6) is 0.716. The quantitative estimate of drug-likeness (QED) is 0.551. The van der Waals surface area contributed by atoms with E-state index in [-0.39, 0.29) is 11.4 Å². The summed E-state index contributed by atoms with van der Waals surface area (Å²) in [6.45, 7) is 4.34. The molecule has 1 heterocycles. The highest BCUT2D eigenvalue weighted by Crippen LogP contribution is 2.39. The lowest BCUT2D eigenvalue weighted by Gasteiger charge is -2.44. The van der Waals surface area contributed by atoms with E-state index in [2.05, 4.69) is 32.6 Å². The third-order valence-corrected chi connectivity index (χ3v) is 5.63. The van der Waals surface area contributed by atoms with Gasteiger partial charge in [-0.1, -0.05) is 67.2 Å². The molecule has 0 aromatic heterocycles. The predicted octanol–water partition coefficient (Wildman–Crippen LogP) is 6.75. The molecule has 1 aliphatic heterocycles. The molecule has 1 saturated carbocycles. The van der Waals surface area contributed by atoms with Crippen molar-refractivity contribution < 1.29 is 4.39 Å². The molecule has 0 bridgehead atoms. The molecule has 1 aliphatic carbocycles. The maximum Gasteiger partial charge on any atom is 0.129 e. The van der Waals surface area contributed by atoms with Gasteiger partial charge in [0.2, 0.25) is 0 Å². The van der Waals surface area contributed by atoms with Crippen molar-refractivity contribution in [2.45, 2.75) is 58.0 Å². The Hall–Kier alpha value is -1.88. The number of benzene rings is 2. The summed E-state index contributed by atoms with van der Waals surface area (Å²) in [6.07, 6.45) is 5.73. The number of amidine groups is 1. The SMILES string of the molecule is CC.Fc1cc(Br)ccc1CN=C1Nc2ccccc2NC12CCCCC2. The zero-order valence-corrected chi connectivity index (χ0v) is 17.6. The van der Waals surface area contributed by atoms with Crippen LogP contribution in [0.2, 0.25) is 0 Å². The Bertz CT molecular complexity index is 813. The number of hydrogen-bond donors (Lipinski definition) is 2. The van der Waals surface area contributed by atoms with Crippen LogP contribution < -0.4 is 10.6 Å². The van der Waals surface area contributed by atoms with Gasteiger partial charge >= 0.3 is 0 Å². The standard InChI is InChI=1S/C20H21BrFN3.C2H6/c21-15-9-8-14(16(22)12-15)13-23-19-20(10-4-1-5-11-20)25-18-7-3-2-6-17(18)24-19;1-2/h2-3,6-9,12,25H,1,4-5,10-11,13H2,(H,23,24);1-2H3. The zero-order valence-electron chi connectivity index (χ0n) is 16.0. The van der Waals surface area contributed by atoms with Crippen molar-refractivity contribution in [3.05, 3.63) is 58.3 Å². The Morgan fingerprint density at radius 2 is 1.74 bits per heavy atom. The molecule has 2 aromatic rings. The van der Waals surface area contributed by atoms with Gasteiger partial charge < -0.3 is 10.6 Å². The van der Waals surface area contributed by atoms with E-state index < -0.39 is 0 Å².